The molecule has 0 amide bonds. The van der Waals surface area contributed by atoms with Crippen LogP contribution in [0.1, 0.15) is 38.0 Å². The van der Waals surface area contributed by atoms with Gasteiger partial charge < -0.3 is 5.11 Å². The molecular formula is C13H21NO3S2. The summed E-state index contributed by atoms with van der Waals surface area (Å²) in [5.41, 5.74) is 0. The lowest BCUT2D eigenvalue weighted by Gasteiger charge is -2.32. The van der Waals surface area contributed by atoms with E-state index in [4.69, 9.17) is 5.11 Å². The average molecular weight is 303 g/mol. The van der Waals surface area contributed by atoms with Crippen LogP contribution in [0.3, 0.4) is 0 Å². The molecule has 0 aromatic carbocycles. The quantitative estimate of drug-likeness (QED) is 0.897. The third kappa shape index (κ3) is 3.56. The van der Waals surface area contributed by atoms with Crippen molar-refractivity contribution < 1.29 is 13.5 Å². The molecule has 3 atom stereocenters. The molecule has 0 bridgehead atoms. The second-order valence-electron chi connectivity index (χ2n) is 5.53. The first kappa shape index (κ1) is 15.0. The third-order valence-corrected chi connectivity index (χ3v) is 6.37. The van der Waals surface area contributed by atoms with Crippen LogP contribution in [0.2, 0.25) is 0 Å². The lowest BCUT2D eigenvalue weighted by atomic mass is 9.80. The van der Waals surface area contributed by atoms with E-state index in [1.807, 2.05) is 0 Å². The number of aliphatic hydroxyl groups is 1. The Bertz CT molecular complexity index is 524. The summed E-state index contributed by atoms with van der Waals surface area (Å²) < 4.78 is 27.4. The van der Waals surface area contributed by atoms with Crippen molar-refractivity contribution in [2.24, 2.45) is 11.8 Å². The number of aliphatic hydroxyl groups excluding tert-OH is 1. The number of hydrogen-bond donors (Lipinski definition) is 2. The zero-order chi connectivity index (χ0) is 14.0. The van der Waals surface area contributed by atoms with Gasteiger partial charge in [-0.05, 0) is 37.2 Å². The molecule has 6 heteroatoms. The van der Waals surface area contributed by atoms with E-state index in [9.17, 15) is 8.42 Å². The van der Waals surface area contributed by atoms with Gasteiger partial charge in [0.15, 0.2) is 0 Å². The maximum absolute atomic E-state index is 12.3. The molecule has 2 N–H and O–H groups in total. The predicted molar refractivity (Wildman–Crippen MR) is 76.5 cm³/mol. The van der Waals surface area contributed by atoms with Crippen LogP contribution in [0.15, 0.2) is 16.3 Å². The average Bonchev–Trinajstić information content (AvgIpc) is 2.82. The van der Waals surface area contributed by atoms with Gasteiger partial charge in [-0.3, -0.25) is 0 Å². The number of thiophene rings is 1. The third-order valence-electron chi connectivity index (χ3n) is 3.83. The highest BCUT2D eigenvalue weighted by atomic mass is 32.2. The Morgan fingerprint density at radius 1 is 1.42 bits per heavy atom. The van der Waals surface area contributed by atoms with Crippen molar-refractivity contribution in [2.75, 3.05) is 0 Å². The summed E-state index contributed by atoms with van der Waals surface area (Å²) in [7, 11) is -3.45. The summed E-state index contributed by atoms with van der Waals surface area (Å²) >= 11 is 1.27. The van der Waals surface area contributed by atoms with E-state index in [-0.39, 0.29) is 17.5 Å². The zero-order valence-electron chi connectivity index (χ0n) is 11.3. The first-order valence-electron chi connectivity index (χ1n) is 6.63. The Morgan fingerprint density at radius 3 is 2.74 bits per heavy atom. The number of hydrogen-bond acceptors (Lipinski definition) is 4. The van der Waals surface area contributed by atoms with Gasteiger partial charge in [-0.1, -0.05) is 13.8 Å². The summed E-state index contributed by atoms with van der Waals surface area (Å²) in [6.45, 7) is 4.21. The Kier molecular flexibility index (Phi) is 4.66. The Morgan fingerprint density at radius 2 is 2.16 bits per heavy atom. The largest absolute Gasteiger partial charge is 0.391 e. The zero-order valence-corrected chi connectivity index (χ0v) is 12.9. The van der Waals surface area contributed by atoms with Gasteiger partial charge in [0.05, 0.1) is 11.5 Å². The monoisotopic (exact) mass is 303 g/mol. The van der Waals surface area contributed by atoms with Crippen molar-refractivity contribution in [1.29, 1.82) is 0 Å². The maximum atomic E-state index is 12.3. The minimum Gasteiger partial charge on any atom is -0.391 e. The van der Waals surface area contributed by atoms with E-state index in [0.717, 1.165) is 19.3 Å². The van der Waals surface area contributed by atoms with Crippen LogP contribution in [0.4, 0.5) is 0 Å². The van der Waals surface area contributed by atoms with Crippen LogP contribution in [0.25, 0.3) is 0 Å². The van der Waals surface area contributed by atoms with Crippen molar-refractivity contribution in [2.45, 2.75) is 50.7 Å². The van der Waals surface area contributed by atoms with E-state index in [1.165, 1.54) is 11.3 Å². The number of sulfonamides is 1. The van der Waals surface area contributed by atoms with Crippen molar-refractivity contribution >= 4 is 21.4 Å². The Labute approximate surface area is 118 Å². The van der Waals surface area contributed by atoms with E-state index >= 15 is 0 Å². The summed E-state index contributed by atoms with van der Waals surface area (Å²) in [5, 5.41) is 10.6. The summed E-state index contributed by atoms with van der Waals surface area (Å²) in [5.74, 6) is 1.05. The molecule has 3 unspecified atom stereocenters. The molecule has 1 fully saturated rings. The second kappa shape index (κ2) is 5.91. The van der Waals surface area contributed by atoms with E-state index < -0.39 is 10.0 Å². The van der Waals surface area contributed by atoms with Gasteiger partial charge >= 0.3 is 0 Å². The minimum atomic E-state index is -3.45. The molecule has 108 valence electrons. The highest BCUT2D eigenvalue weighted by Gasteiger charge is 2.29. The highest BCUT2D eigenvalue weighted by Crippen LogP contribution is 2.30. The fraction of sp³-hybridized carbons (Fsp3) is 0.692. The van der Waals surface area contributed by atoms with Crippen molar-refractivity contribution in [3.8, 4) is 0 Å². The molecule has 1 aliphatic rings. The van der Waals surface area contributed by atoms with Crippen LogP contribution in [0.5, 0.6) is 0 Å². The molecular weight excluding hydrogens is 282 g/mol. The maximum Gasteiger partial charge on any atom is 0.241 e. The molecule has 0 aliphatic heterocycles. The summed E-state index contributed by atoms with van der Waals surface area (Å²) in [6, 6.07) is 1.57. The van der Waals surface area contributed by atoms with E-state index in [2.05, 4.69) is 18.6 Å². The fourth-order valence-electron chi connectivity index (χ4n) is 2.69. The molecule has 0 radical (unpaired) electrons. The number of rotatable bonds is 4. The summed E-state index contributed by atoms with van der Waals surface area (Å²) in [6.07, 6.45) is 3.04. The highest BCUT2D eigenvalue weighted by molar-refractivity contribution is 7.89. The van der Waals surface area contributed by atoms with Crippen molar-refractivity contribution in [3.05, 3.63) is 16.3 Å². The van der Waals surface area contributed by atoms with Crippen LogP contribution in [-0.2, 0) is 16.6 Å². The van der Waals surface area contributed by atoms with Gasteiger partial charge in [0, 0.05) is 16.3 Å². The fourth-order valence-corrected chi connectivity index (χ4v) is 5.21. The van der Waals surface area contributed by atoms with Gasteiger partial charge in [-0.2, -0.15) is 0 Å². The Balaban J connectivity index is 2.08. The molecule has 0 saturated heterocycles. The molecule has 1 heterocycles. The number of nitrogens with one attached hydrogen (secondary N) is 1. The van der Waals surface area contributed by atoms with Gasteiger partial charge in [-0.15, -0.1) is 11.3 Å². The lowest BCUT2D eigenvalue weighted by Crippen LogP contribution is -2.42. The van der Waals surface area contributed by atoms with Crippen LogP contribution < -0.4 is 4.72 Å². The van der Waals surface area contributed by atoms with Crippen LogP contribution in [0, 0.1) is 11.8 Å². The molecule has 19 heavy (non-hydrogen) atoms. The molecule has 1 aromatic rings. The van der Waals surface area contributed by atoms with E-state index in [0.29, 0.717) is 16.7 Å². The minimum absolute atomic E-state index is 0.0266. The van der Waals surface area contributed by atoms with Gasteiger partial charge in [-0.25, -0.2) is 13.1 Å². The normalized spacial score (nSPS) is 28.5. The molecule has 1 saturated carbocycles. The molecule has 1 aromatic heterocycles. The van der Waals surface area contributed by atoms with Crippen molar-refractivity contribution in [3.63, 3.8) is 0 Å². The molecule has 1 aliphatic carbocycles. The van der Waals surface area contributed by atoms with Crippen LogP contribution in [-0.4, -0.2) is 19.6 Å². The molecule has 2 rings (SSSR count). The first-order valence-corrected chi connectivity index (χ1v) is 8.99. The first-order chi connectivity index (χ1) is 8.92. The van der Waals surface area contributed by atoms with Crippen molar-refractivity contribution in [1.82, 2.24) is 4.72 Å². The predicted octanol–water partition coefficient (Wildman–Crippen LogP) is 2.34. The van der Waals surface area contributed by atoms with Crippen LogP contribution >= 0.6 is 11.3 Å². The standard InChI is InChI=1S/C13H21NO3S2/c1-9-3-4-13(10(2)5-9)14-19(16,17)12-6-11(7-15)18-8-12/h6,8-10,13-15H,3-5,7H2,1-2H3. The molecule has 0 spiro atoms. The topological polar surface area (TPSA) is 66.4 Å². The summed E-state index contributed by atoms with van der Waals surface area (Å²) in [4.78, 5) is 0.943. The van der Waals surface area contributed by atoms with Gasteiger partial charge in [0.1, 0.15) is 0 Å². The second-order valence-corrected chi connectivity index (χ2v) is 8.24. The van der Waals surface area contributed by atoms with Gasteiger partial charge in [0.2, 0.25) is 10.0 Å². The van der Waals surface area contributed by atoms with Gasteiger partial charge in [0.25, 0.3) is 0 Å². The molecule has 4 nitrogen and oxygen atoms in total. The lowest BCUT2D eigenvalue weighted by molar-refractivity contribution is 0.249. The smallest absolute Gasteiger partial charge is 0.241 e. The van der Waals surface area contributed by atoms with E-state index in [1.54, 1.807) is 11.4 Å². The Hall–Kier alpha value is -0.430. The SMILES string of the molecule is CC1CCC(NS(=O)(=O)c2csc(CO)c2)C(C)C1.